The SMILES string of the molecule is CC(=O)c1c(C)[nH]c(C(=O)N2CC(C(=O)N(C)C)Oc3ccccc32)c1C. The molecule has 2 aromatic rings. The Morgan fingerprint density at radius 2 is 1.85 bits per heavy atom. The van der Waals surface area contributed by atoms with Crippen LogP contribution >= 0.6 is 0 Å². The van der Waals surface area contributed by atoms with E-state index in [1.165, 1.54) is 16.7 Å². The van der Waals surface area contributed by atoms with E-state index >= 15 is 0 Å². The first kappa shape index (κ1) is 18.7. The van der Waals surface area contributed by atoms with Gasteiger partial charge in [0, 0.05) is 25.4 Å². The lowest BCUT2D eigenvalue weighted by atomic mass is 10.1. The molecule has 7 heteroatoms. The number of fused-ring (bicyclic) bond motifs is 1. The smallest absolute Gasteiger partial charge is 0.275 e. The maximum Gasteiger partial charge on any atom is 0.275 e. The highest BCUT2D eigenvalue weighted by atomic mass is 16.5. The van der Waals surface area contributed by atoms with Crippen molar-refractivity contribution in [2.24, 2.45) is 0 Å². The molecule has 0 saturated carbocycles. The second-order valence-electron chi connectivity index (χ2n) is 6.90. The van der Waals surface area contributed by atoms with Crippen molar-refractivity contribution in [3.05, 3.63) is 46.8 Å². The molecule has 142 valence electrons. The third-order valence-electron chi connectivity index (χ3n) is 4.74. The molecule has 0 fully saturated rings. The Bertz CT molecular complexity index is 929. The number of likely N-dealkylation sites (N-methyl/N-ethyl adjacent to an activating group) is 1. The fraction of sp³-hybridized carbons (Fsp3) is 0.350. The molecule has 1 unspecified atom stereocenters. The predicted octanol–water partition coefficient (Wildman–Crippen LogP) is 2.33. The van der Waals surface area contributed by atoms with Gasteiger partial charge in [0.1, 0.15) is 11.4 Å². The Kier molecular flexibility index (Phi) is 4.78. The van der Waals surface area contributed by atoms with Crippen LogP contribution in [0.3, 0.4) is 0 Å². The van der Waals surface area contributed by atoms with Crippen molar-refractivity contribution < 1.29 is 19.1 Å². The van der Waals surface area contributed by atoms with Gasteiger partial charge in [0.15, 0.2) is 11.9 Å². The van der Waals surface area contributed by atoms with E-state index in [2.05, 4.69) is 4.98 Å². The number of nitrogens with one attached hydrogen (secondary N) is 1. The Morgan fingerprint density at radius 1 is 1.19 bits per heavy atom. The Balaban J connectivity index is 2.04. The van der Waals surface area contributed by atoms with E-state index in [1.807, 2.05) is 6.07 Å². The number of hydrogen-bond acceptors (Lipinski definition) is 4. The molecule has 1 atom stereocenters. The zero-order valence-corrected chi connectivity index (χ0v) is 16.1. The number of carbonyl (C=O) groups excluding carboxylic acids is 3. The van der Waals surface area contributed by atoms with Gasteiger partial charge in [-0.2, -0.15) is 0 Å². The number of aromatic nitrogens is 1. The van der Waals surface area contributed by atoms with Gasteiger partial charge >= 0.3 is 0 Å². The van der Waals surface area contributed by atoms with Crippen molar-refractivity contribution in [1.82, 2.24) is 9.88 Å². The quantitative estimate of drug-likeness (QED) is 0.842. The zero-order valence-electron chi connectivity index (χ0n) is 16.1. The molecular formula is C20H23N3O4. The Labute approximate surface area is 157 Å². The number of benzene rings is 1. The first-order chi connectivity index (χ1) is 12.7. The number of para-hydroxylation sites is 2. The standard InChI is InChI=1S/C20H23N3O4/c1-11-17(13(3)24)12(2)21-18(11)20(26)23-10-16(19(25)22(4)5)27-15-9-7-6-8-14(15)23/h6-9,16,21H,10H2,1-5H3. The van der Waals surface area contributed by atoms with Gasteiger partial charge in [0.05, 0.1) is 12.2 Å². The van der Waals surface area contributed by atoms with E-state index in [0.717, 1.165) is 0 Å². The number of Topliss-reactive ketones (excluding diaryl/α,β-unsaturated/α-hetero) is 1. The molecule has 3 rings (SSSR count). The first-order valence-corrected chi connectivity index (χ1v) is 8.71. The van der Waals surface area contributed by atoms with Gasteiger partial charge in [-0.15, -0.1) is 0 Å². The number of aryl methyl sites for hydroxylation is 1. The monoisotopic (exact) mass is 369 g/mol. The van der Waals surface area contributed by atoms with E-state index in [9.17, 15) is 14.4 Å². The average Bonchev–Trinajstić information content (AvgIpc) is 2.93. The van der Waals surface area contributed by atoms with Crippen LogP contribution in [0.5, 0.6) is 5.75 Å². The fourth-order valence-electron chi connectivity index (χ4n) is 3.47. The summed E-state index contributed by atoms with van der Waals surface area (Å²) in [5, 5.41) is 0. The summed E-state index contributed by atoms with van der Waals surface area (Å²) in [4.78, 5) is 43.7. The van der Waals surface area contributed by atoms with Crippen LogP contribution in [0.15, 0.2) is 24.3 Å². The number of carbonyl (C=O) groups is 3. The minimum Gasteiger partial charge on any atom is -0.476 e. The van der Waals surface area contributed by atoms with E-state index in [-0.39, 0.29) is 24.1 Å². The van der Waals surface area contributed by atoms with Crippen molar-refractivity contribution in [3.63, 3.8) is 0 Å². The van der Waals surface area contributed by atoms with Gasteiger partial charge in [-0.05, 0) is 38.5 Å². The molecule has 27 heavy (non-hydrogen) atoms. The molecule has 1 aromatic heterocycles. The number of ketones is 1. The predicted molar refractivity (Wildman–Crippen MR) is 101 cm³/mol. The lowest BCUT2D eigenvalue weighted by Crippen LogP contribution is -2.50. The van der Waals surface area contributed by atoms with Crippen molar-refractivity contribution in [1.29, 1.82) is 0 Å². The summed E-state index contributed by atoms with van der Waals surface area (Å²) in [5.41, 5.74) is 2.75. The van der Waals surface area contributed by atoms with E-state index in [4.69, 9.17) is 4.74 Å². The Morgan fingerprint density at radius 3 is 2.44 bits per heavy atom. The highest BCUT2D eigenvalue weighted by Crippen LogP contribution is 2.35. The zero-order chi connectivity index (χ0) is 19.9. The maximum atomic E-state index is 13.3. The minimum atomic E-state index is -0.789. The summed E-state index contributed by atoms with van der Waals surface area (Å²) in [6.07, 6.45) is -0.789. The van der Waals surface area contributed by atoms with Crippen molar-refractivity contribution in [3.8, 4) is 5.75 Å². The number of ether oxygens (including phenoxy) is 1. The molecule has 1 aliphatic rings. The van der Waals surface area contributed by atoms with E-state index in [0.29, 0.717) is 34.0 Å². The molecule has 2 amide bonds. The molecule has 1 aromatic carbocycles. The lowest BCUT2D eigenvalue weighted by Gasteiger charge is -2.35. The molecule has 0 spiro atoms. The largest absolute Gasteiger partial charge is 0.476 e. The number of nitrogens with zero attached hydrogens (tertiary/aromatic N) is 2. The summed E-state index contributed by atoms with van der Waals surface area (Å²) in [6.45, 7) is 5.10. The van der Waals surface area contributed by atoms with E-state index < -0.39 is 6.10 Å². The van der Waals surface area contributed by atoms with Crippen LogP contribution in [0.4, 0.5) is 5.69 Å². The third-order valence-corrected chi connectivity index (χ3v) is 4.74. The number of rotatable bonds is 3. The molecule has 7 nitrogen and oxygen atoms in total. The van der Waals surface area contributed by atoms with Crippen LogP contribution < -0.4 is 9.64 Å². The number of hydrogen-bond donors (Lipinski definition) is 1. The normalized spacial score (nSPS) is 15.7. The van der Waals surface area contributed by atoms with Crippen molar-refractivity contribution >= 4 is 23.3 Å². The van der Waals surface area contributed by atoms with E-state index in [1.54, 1.807) is 46.1 Å². The second kappa shape index (κ2) is 6.90. The third kappa shape index (κ3) is 3.20. The molecule has 1 aliphatic heterocycles. The lowest BCUT2D eigenvalue weighted by molar-refractivity contribution is -0.135. The van der Waals surface area contributed by atoms with Crippen LogP contribution in [-0.4, -0.2) is 54.2 Å². The molecule has 0 saturated heterocycles. The highest BCUT2D eigenvalue weighted by molar-refractivity contribution is 6.10. The molecule has 0 aliphatic carbocycles. The second-order valence-corrected chi connectivity index (χ2v) is 6.90. The fourth-order valence-corrected chi connectivity index (χ4v) is 3.47. The first-order valence-electron chi connectivity index (χ1n) is 8.71. The molecule has 2 heterocycles. The van der Waals surface area contributed by atoms with Crippen LogP contribution in [0.2, 0.25) is 0 Å². The van der Waals surface area contributed by atoms with Gasteiger partial charge in [0.25, 0.3) is 11.8 Å². The number of anilines is 1. The van der Waals surface area contributed by atoms with Crippen LogP contribution in [0, 0.1) is 13.8 Å². The molecular weight excluding hydrogens is 346 g/mol. The van der Waals surface area contributed by atoms with Crippen molar-refractivity contribution in [2.75, 3.05) is 25.5 Å². The highest BCUT2D eigenvalue weighted by Gasteiger charge is 2.36. The van der Waals surface area contributed by atoms with Gasteiger partial charge in [-0.3, -0.25) is 19.3 Å². The van der Waals surface area contributed by atoms with Crippen LogP contribution in [-0.2, 0) is 4.79 Å². The van der Waals surface area contributed by atoms with Crippen LogP contribution in [0.1, 0.15) is 39.0 Å². The van der Waals surface area contributed by atoms with Gasteiger partial charge in [0.2, 0.25) is 0 Å². The number of amides is 2. The maximum absolute atomic E-state index is 13.3. The van der Waals surface area contributed by atoms with Gasteiger partial charge in [-0.25, -0.2) is 0 Å². The average molecular weight is 369 g/mol. The summed E-state index contributed by atoms with van der Waals surface area (Å²) >= 11 is 0. The topological polar surface area (TPSA) is 82.7 Å². The molecule has 1 N–H and O–H groups in total. The Hall–Kier alpha value is -3.09. The summed E-state index contributed by atoms with van der Waals surface area (Å²) in [7, 11) is 3.30. The van der Waals surface area contributed by atoms with Gasteiger partial charge < -0.3 is 14.6 Å². The number of H-pyrrole nitrogens is 1. The molecule has 0 bridgehead atoms. The van der Waals surface area contributed by atoms with Crippen molar-refractivity contribution in [2.45, 2.75) is 26.9 Å². The number of aromatic amines is 1. The summed E-state index contributed by atoms with van der Waals surface area (Å²) < 4.78 is 5.82. The van der Waals surface area contributed by atoms with Crippen LogP contribution in [0.25, 0.3) is 0 Å². The van der Waals surface area contributed by atoms with Gasteiger partial charge in [-0.1, -0.05) is 12.1 Å². The summed E-state index contributed by atoms with van der Waals surface area (Å²) in [5.74, 6) is -0.130. The molecule has 0 radical (unpaired) electrons. The minimum absolute atomic E-state index is 0.0941. The summed E-state index contributed by atoms with van der Waals surface area (Å²) in [6, 6.07) is 7.12.